The molecule has 7 N–H and O–H groups in total. The lowest BCUT2D eigenvalue weighted by Crippen LogP contribution is -2.50. The molecular weight excluding hydrogens is 878 g/mol. The van der Waals surface area contributed by atoms with Gasteiger partial charge in [0.05, 0.1) is 71.2 Å². The Morgan fingerprint density at radius 1 is 0.466 bits per heavy atom. The number of nitrogens with one attached hydrogen (secondary N) is 2. The van der Waals surface area contributed by atoms with E-state index in [9.17, 15) is 65.6 Å². The monoisotopic (exact) mass is 926 g/mol. The summed E-state index contributed by atoms with van der Waals surface area (Å²) in [7, 11) is 0. The first-order valence-corrected chi connectivity index (χ1v) is 18.1. The average molecular weight is 928 g/mol. The first-order valence-electron chi connectivity index (χ1n) is 16.9. The Balaban J connectivity index is 0. The number of nitrogens with zero attached hydrogens (tertiary/aromatic N) is 4. The molecule has 1 aliphatic rings. The minimum absolute atomic E-state index is 0.0376. The number of carboxylic acid groups (broad SMARTS) is 5. The molecule has 0 aromatic heterocycles. The third-order valence-electron chi connectivity index (χ3n) is 6.86. The number of alkyl halides is 7. The van der Waals surface area contributed by atoms with Crippen molar-refractivity contribution in [3.8, 4) is 0 Å². The lowest BCUT2D eigenvalue weighted by molar-refractivity contribution is -0.193. The molecule has 0 aromatic rings. The van der Waals surface area contributed by atoms with Gasteiger partial charge in [0.1, 0.15) is 0 Å². The Morgan fingerprint density at radius 3 is 0.948 bits per heavy atom. The second-order valence-corrected chi connectivity index (χ2v) is 12.1. The molecule has 0 aliphatic carbocycles. The molecule has 0 unspecified atom stereocenters. The molecule has 0 bridgehead atoms. The number of carbonyl (C=O) groups is 7. The normalized spacial score (nSPS) is 15.2. The zero-order chi connectivity index (χ0) is 44.7. The minimum Gasteiger partial charge on any atom is -0.480 e. The van der Waals surface area contributed by atoms with E-state index in [-0.39, 0.29) is 56.5 Å². The predicted molar refractivity (Wildman–Crippen MR) is 188 cm³/mol. The number of carboxylic acids is 5. The molecule has 2 amide bonds. The van der Waals surface area contributed by atoms with E-state index in [2.05, 4.69) is 26.6 Å². The van der Waals surface area contributed by atoms with Gasteiger partial charge in [-0.05, 0) is 0 Å². The number of ether oxygens (including phenoxy) is 3. The van der Waals surface area contributed by atoms with Crippen LogP contribution in [-0.4, -0.2) is 236 Å². The molecule has 0 aromatic carbocycles. The molecule has 1 aliphatic heterocycles. The van der Waals surface area contributed by atoms with Gasteiger partial charge in [0.15, 0.2) is 0 Å². The highest BCUT2D eigenvalue weighted by Gasteiger charge is 2.39. The van der Waals surface area contributed by atoms with Crippen LogP contribution in [0.4, 0.5) is 26.3 Å². The Kier molecular flexibility index (Phi) is 31.0. The fourth-order valence-electron chi connectivity index (χ4n) is 4.16. The summed E-state index contributed by atoms with van der Waals surface area (Å²) < 4.78 is 79.7. The van der Waals surface area contributed by atoms with Crippen LogP contribution in [0.25, 0.3) is 0 Å². The molecule has 0 spiro atoms. The van der Waals surface area contributed by atoms with Gasteiger partial charge >= 0.3 is 42.2 Å². The summed E-state index contributed by atoms with van der Waals surface area (Å²) in [6, 6.07) is 0. The molecule has 0 atom stereocenters. The molecule has 338 valence electrons. The van der Waals surface area contributed by atoms with E-state index in [1.165, 1.54) is 0 Å². The first kappa shape index (κ1) is 56.2. The van der Waals surface area contributed by atoms with Gasteiger partial charge in [-0.25, -0.2) is 9.59 Å². The van der Waals surface area contributed by atoms with Crippen LogP contribution in [0.1, 0.15) is 0 Å². The van der Waals surface area contributed by atoms with Gasteiger partial charge < -0.3 is 50.4 Å². The van der Waals surface area contributed by atoms with Gasteiger partial charge in [-0.1, -0.05) is 15.9 Å². The number of rotatable bonds is 21. The summed E-state index contributed by atoms with van der Waals surface area (Å²) in [5.74, 6) is -8.90. The van der Waals surface area contributed by atoms with Crippen molar-refractivity contribution < 1.29 is 99.6 Å². The third kappa shape index (κ3) is 35.2. The fourth-order valence-corrected chi connectivity index (χ4v) is 4.36. The number of aliphatic carboxylic acids is 5. The smallest absolute Gasteiger partial charge is 0.480 e. The number of hydrogen-bond donors (Lipinski definition) is 7. The quantitative estimate of drug-likeness (QED) is 0.0388. The van der Waals surface area contributed by atoms with Crippen molar-refractivity contribution in [3.63, 3.8) is 0 Å². The van der Waals surface area contributed by atoms with Crippen LogP contribution >= 0.6 is 15.9 Å². The second kappa shape index (κ2) is 32.0. The zero-order valence-electron chi connectivity index (χ0n) is 31.1. The van der Waals surface area contributed by atoms with Crippen molar-refractivity contribution in [2.45, 2.75) is 12.4 Å². The van der Waals surface area contributed by atoms with Crippen LogP contribution in [0.15, 0.2) is 0 Å². The molecular formula is C30H49BrF6N6O15. The van der Waals surface area contributed by atoms with Crippen molar-refractivity contribution >= 4 is 57.6 Å². The molecule has 1 saturated heterocycles. The first-order chi connectivity index (χ1) is 27.0. The van der Waals surface area contributed by atoms with Crippen molar-refractivity contribution in [1.82, 2.24) is 30.2 Å². The van der Waals surface area contributed by atoms with E-state index in [1.807, 2.05) is 4.90 Å². The molecule has 58 heavy (non-hydrogen) atoms. The lowest BCUT2D eigenvalue weighted by atomic mass is 10.3. The van der Waals surface area contributed by atoms with Crippen LogP contribution in [0.5, 0.6) is 0 Å². The third-order valence-corrected chi connectivity index (χ3v) is 7.37. The molecule has 0 radical (unpaired) electrons. The summed E-state index contributed by atoms with van der Waals surface area (Å²) in [5, 5.41) is 47.9. The van der Waals surface area contributed by atoms with Crippen LogP contribution in [0.3, 0.4) is 0 Å². The number of halogens is 7. The fraction of sp³-hybridized carbons (Fsp3) is 0.767. The van der Waals surface area contributed by atoms with E-state index >= 15 is 0 Å². The van der Waals surface area contributed by atoms with E-state index < -0.39 is 42.2 Å². The predicted octanol–water partition coefficient (Wildman–Crippen LogP) is -1.59. The Hall–Kier alpha value is -3.93. The molecule has 0 saturated carbocycles. The number of amides is 2. The summed E-state index contributed by atoms with van der Waals surface area (Å²) in [4.78, 5) is 82.5. The molecule has 1 heterocycles. The van der Waals surface area contributed by atoms with Crippen LogP contribution in [0, 0.1) is 0 Å². The lowest BCUT2D eigenvalue weighted by Gasteiger charge is -2.32. The highest BCUT2D eigenvalue weighted by molar-refractivity contribution is 9.09. The van der Waals surface area contributed by atoms with Gasteiger partial charge in [-0.15, -0.1) is 0 Å². The van der Waals surface area contributed by atoms with Crippen molar-refractivity contribution in [2.24, 2.45) is 0 Å². The van der Waals surface area contributed by atoms with E-state index in [4.69, 9.17) is 34.0 Å². The molecule has 21 nitrogen and oxygen atoms in total. The number of carbonyl (C=O) groups excluding carboxylic acids is 2. The van der Waals surface area contributed by atoms with Crippen molar-refractivity contribution in [3.05, 3.63) is 0 Å². The molecule has 28 heteroatoms. The average Bonchev–Trinajstić information content (AvgIpc) is 3.10. The van der Waals surface area contributed by atoms with Gasteiger partial charge in [0.25, 0.3) is 0 Å². The summed E-state index contributed by atoms with van der Waals surface area (Å²) in [6.45, 7) is 4.84. The summed E-state index contributed by atoms with van der Waals surface area (Å²) >= 11 is 3.06. The van der Waals surface area contributed by atoms with E-state index in [1.54, 1.807) is 14.7 Å². The maximum absolute atomic E-state index is 12.6. The topological polar surface area (TPSA) is 285 Å². The Morgan fingerprint density at radius 2 is 0.707 bits per heavy atom. The van der Waals surface area contributed by atoms with Gasteiger partial charge in [0.2, 0.25) is 11.8 Å². The molecule has 1 rings (SSSR count). The van der Waals surface area contributed by atoms with E-state index in [0.29, 0.717) is 91.9 Å². The van der Waals surface area contributed by atoms with Crippen LogP contribution < -0.4 is 10.6 Å². The highest BCUT2D eigenvalue weighted by atomic mass is 79.9. The van der Waals surface area contributed by atoms with Crippen LogP contribution in [0.2, 0.25) is 0 Å². The van der Waals surface area contributed by atoms with Gasteiger partial charge in [-0.2, -0.15) is 26.3 Å². The second-order valence-electron chi connectivity index (χ2n) is 11.6. The standard InChI is InChI=1S/C26H47BrN6O11.2C2HF3O2/c27-17-22(34)28-1-11-42-13-15-44-16-14-43-12-2-29-23(35)18-30-3-5-31(19-24(36)37)7-9-33(21-26(40)41)10-8-32(6-4-30)20-25(38)39;2*3-2(4,5)1(6)7/h1-21H2,(H,28,34)(H,29,35)(H,36,37)(H,38,39)(H,40,41);2*(H,6,7). The maximum atomic E-state index is 12.6. The Labute approximate surface area is 336 Å². The number of hydrogen-bond acceptors (Lipinski definition) is 14. The maximum Gasteiger partial charge on any atom is 0.490 e. The minimum atomic E-state index is -5.08. The summed E-state index contributed by atoms with van der Waals surface area (Å²) in [5.41, 5.74) is 0. The largest absolute Gasteiger partial charge is 0.490 e. The van der Waals surface area contributed by atoms with Crippen LogP contribution in [-0.2, 0) is 47.8 Å². The van der Waals surface area contributed by atoms with E-state index in [0.717, 1.165) is 0 Å². The van der Waals surface area contributed by atoms with Gasteiger partial charge in [-0.3, -0.25) is 43.6 Å². The Bertz CT molecular complexity index is 1200. The zero-order valence-corrected chi connectivity index (χ0v) is 32.7. The van der Waals surface area contributed by atoms with Gasteiger partial charge in [0, 0.05) is 65.4 Å². The summed E-state index contributed by atoms with van der Waals surface area (Å²) in [6.07, 6.45) is -10.2. The van der Waals surface area contributed by atoms with Crippen molar-refractivity contribution in [2.75, 3.05) is 137 Å². The SMILES string of the molecule is O=C(O)C(F)(F)F.O=C(O)C(F)(F)F.O=C(O)CN1CCN(CC(=O)O)CCN(CC(=O)NCCOCCOCCOCCNC(=O)CBr)CCN(CC(=O)O)CC1. The van der Waals surface area contributed by atoms with Crippen molar-refractivity contribution in [1.29, 1.82) is 0 Å². The molecule has 1 fully saturated rings. The highest BCUT2D eigenvalue weighted by Crippen LogP contribution is 2.13.